The van der Waals surface area contributed by atoms with E-state index in [1.807, 2.05) is 19.0 Å². The van der Waals surface area contributed by atoms with Crippen LogP contribution in [0.15, 0.2) is 4.52 Å². The minimum absolute atomic E-state index is 0.177. The molecule has 0 aliphatic heterocycles. The lowest BCUT2D eigenvalue weighted by Crippen LogP contribution is -2.26. The number of aliphatic hydroxyl groups is 1. The third kappa shape index (κ3) is 1.93. The van der Waals surface area contributed by atoms with E-state index >= 15 is 0 Å². The first-order chi connectivity index (χ1) is 6.65. The minimum Gasteiger partial charge on any atom is -0.393 e. The first-order valence-electron chi connectivity index (χ1n) is 4.80. The lowest BCUT2D eigenvalue weighted by Gasteiger charge is -2.27. The highest BCUT2D eigenvalue weighted by molar-refractivity contribution is 5.01. The summed E-state index contributed by atoms with van der Waals surface area (Å²) in [5.74, 6) is 1.66. The van der Waals surface area contributed by atoms with Crippen molar-refractivity contribution in [2.24, 2.45) is 0 Å². The van der Waals surface area contributed by atoms with Crippen LogP contribution in [0.1, 0.15) is 30.5 Å². The normalized spacial score (nSPS) is 26.6. The molecule has 14 heavy (non-hydrogen) atoms. The fourth-order valence-electron chi connectivity index (χ4n) is 1.57. The summed E-state index contributed by atoms with van der Waals surface area (Å²) in [4.78, 5) is 6.27. The summed E-state index contributed by atoms with van der Waals surface area (Å²) in [6.45, 7) is 0.693. The van der Waals surface area contributed by atoms with Gasteiger partial charge >= 0.3 is 0 Å². The zero-order valence-electron chi connectivity index (χ0n) is 8.47. The smallest absolute Gasteiger partial charge is 0.230 e. The zero-order chi connectivity index (χ0) is 10.1. The average Bonchev–Trinajstić information content (AvgIpc) is 2.46. The van der Waals surface area contributed by atoms with Crippen molar-refractivity contribution in [1.82, 2.24) is 15.0 Å². The fraction of sp³-hybridized carbons (Fsp3) is 0.778. The maximum absolute atomic E-state index is 9.13. The summed E-state index contributed by atoms with van der Waals surface area (Å²) in [5.41, 5.74) is 0. The average molecular weight is 197 g/mol. The van der Waals surface area contributed by atoms with Gasteiger partial charge in [-0.05, 0) is 26.9 Å². The number of aliphatic hydroxyl groups excluding tert-OH is 1. The first kappa shape index (κ1) is 9.61. The van der Waals surface area contributed by atoms with Crippen molar-refractivity contribution in [3.8, 4) is 0 Å². The molecule has 0 bridgehead atoms. The van der Waals surface area contributed by atoms with Crippen LogP contribution >= 0.6 is 0 Å². The Morgan fingerprint density at radius 2 is 2.21 bits per heavy atom. The third-order valence-corrected chi connectivity index (χ3v) is 2.40. The second kappa shape index (κ2) is 3.67. The lowest BCUT2D eigenvalue weighted by atomic mass is 9.82. The standard InChI is InChI=1S/C9H15N3O2/c1-12(2)5-8-10-9(14-11-8)6-3-7(13)4-6/h6-7,13H,3-5H2,1-2H3. The van der Waals surface area contributed by atoms with Gasteiger partial charge in [-0.2, -0.15) is 4.98 Å². The van der Waals surface area contributed by atoms with Crippen LogP contribution in [0.5, 0.6) is 0 Å². The second-order valence-corrected chi connectivity index (χ2v) is 4.11. The van der Waals surface area contributed by atoms with Crippen LogP contribution < -0.4 is 0 Å². The van der Waals surface area contributed by atoms with E-state index in [1.165, 1.54) is 0 Å². The third-order valence-electron chi connectivity index (χ3n) is 2.40. The quantitative estimate of drug-likeness (QED) is 0.758. The fourth-order valence-corrected chi connectivity index (χ4v) is 1.57. The number of hydrogen-bond donors (Lipinski definition) is 1. The van der Waals surface area contributed by atoms with Crippen LogP contribution in [-0.2, 0) is 6.54 Å². The molecule has 0 atom stereocenters. The molecule has 1 aromatic heterocycles. The van der Waals surface area contributed by atoms with Gasteiger partial charge in [-0.15, -0.1) is 0 Å². The number of hydrogen-bond acceptors (Lipinski definition) is 5. The van der Waals surface area contributed by atoms with Crippen molar-refractivity contribution >= 4 is 0 Å². The Morgan fingerprint density at radius 3 is 2.79 bits per heavy atom. The molecule has 1 heterocycles. The van der Waals surface area contributed by atoms with Gasteiger partial charge in [0.2, 0.25) is 5.89 Å². The molecule has 1 aliphatic rings. The highest BCUT2D eigenvalue weighted by atomic mass is 16.5. The summed E-state index contributed by atoms with van der Waals surface area (Å²) in [6.07, 6.45) is 1.33. The molecular formula is C9H15N3O2. The van der Waals surface area contributed by atoms with Crippen LogP contribution in [0.3, 0.4) is 0 Å². The van der Waals surface area contributed by atoms with Crippen molar-refractivity contribution in [2.75, 3.05) is 14.1 Å². The highest BCUT2D eigenvalue weighted by Crippen LogP contribution is 2.35. The topological polar surface area (TPSA) is 62.4 Å². The van der Waals surface area contributed by atoms with Crippen molar-refractivity contribution < 1.29 is 9.63 Å². The van der Waals surface area contributed by atoms with Crippen LogP contribution in [-0.4, -0.2) is 40.3 Å². The minimum atomic E-state index is -0.177. The molecule has 2 rings (SSSR count). The molecule has 5 nitrogen and oxygen atoms in total. The molecule has 0 spiro atoms. The van der Waals surface area contributed by atoms with Gasteiger partial charge in [0.15, 0.2) is 5.82 Å². The zero-order valence-corrected chi connectivity index (χ0v) is 8.47. The van der Waals surface area contributed by atoms with Crippen molar-refractivity contribution in [2.45, 2.75) is 31.4 Å². The van der Waals surface area contributed by atoms with E-state index in [0.29, 0.717) is 18.3 Å². The Morgan fingerprint density at radius 1 is 1.50 bits per heavy atom. The Labute approximate surface area is 82.7 Å². The van der Waals surface area contributed by atoms with Crippen molar-refractivity contribution in [3.05, 3.63) is 11.7 Å². The van der Waals surface area contributed by atoms with E-state index in [9.17, 15) is 0 Å². The van der Waals surface area contributed by atoms with Gasteiger partial charge in [-0.1, -0.05) is 5.16 Å². The Kier molecular flexibility index (Phi) is 2.52. The van der Waals surface area contributed by atoms with E-state index in [1.54, 1.807) is 0 Å². The molecule has 1 saturated carbocycles. The molecule has 0 aromatic carbocycles. The molecule has 1 aliphatic carbocycles. The van der Waals surface area contributed by atoms with Crippen molar-refractivity contribution in [3.63, 3.8) is 0 Å². The van der Waals surface area contributed by atoms with Gasteiger partial charge in [0.25, 0.3) is 0 Å². The van der Waals surface area contributed by atoms with E-state index < -0.39 is 0 Å². The molecule has 1 N–H and O–H groups in total. The number of nitrogens with zero attached hydrogens (tertiary/aromatic N) is 3. The summed E-state index contributed by atoms with van der Waals surface area (Å²) in [5, 5.41) is 13.0. The molecule has 0 unspecified atom stereocenters. The lowest BCUT2D eigenvalue weighted by molar-refractivity contribution is 0.0625. The molecule has 78 valence electrons. The second-order valence-electron chi connectivity index (χ2n) is 4.11. The van der Waals surface area contributed by atoms with Crippen LogP contribution in [0.25, 0.3) is 0 Å². The number of rotatable bonds is 3. The molecule has 1 aromatic rings. The van der Waals surface area contributed by atoms with Crippen LogP contribution in [0, 0.1) is 0 Å². The van der Waals surface area contributed by atoms with E-state index in [2.05, 4.69) is 10.1 Å². The highest BCUT2D eigenvalue weighted by Gasteiger charge is 2.32. The van der Waals surface area contributed by atoms with Gasteiger partial charge in [0.1, 0.15) is 0 Å². The Bertz CT molecular complexity index is 305. The van der Waals surface area contributed by atoms with Crippen LogP contribution in [0.2, 0.25) is 0 Å². The SMILES string of the molecule is CN(C)Cc1noc(C2CC(O)C2)n1. The monoisotopic (exact) mass is 197 g/mol. The molecule has 0 saturated heterocycles. The summed E-state index contributed by atoms with van der Waals surface area (Å²) < 4.78 is 5.12. The molecule has 1 fully saturated rings. The molecule has 5 heteroatoms. The molecule has 0 radical (unpaired) electrons. The maximum Gasteiger partial charge on any atom is 0.230 e. The van der Waals surface area contributed by atoms with Crippen molar-refractivity contribution in [1.29, 1.82) is 0 Å². The summed E-state index contributed by atoms with van der Waals surface area (Å²) >= 11 is 0. The van der Waals surface area contributed by atoms with E-state index in [-0.39, 0.29) is 12.0 Å². The summed E-state index contributed by atoms with van der Waals surface area (Å²) in [7, 11) is 3.92. The molecular weight excluding hydrogens is 182 g/mol. The van der Waals surface area contributed by atoms with Gasteiger partial charge in [-0.25, -0.2) is 0 Å². The van der Waals surface area contributed by atoms with Gasteiger partial charge in [0.05, 0.1) is 12.6 Å². The van der Waals surface area contributed by atoms with Gasteiger partial charge in [-0.3, -0.25) is 0 Å². The van der Waals surface area contributed by atoms with E-state index in [4.69, 9.17) is 9.63 Å². The van der Waals surface area contributed by atoms with Crippen LogP contribution in [0.4, 0.5) is 0 Å². The Balaban J connectivity index is 1.96. The largest absolute Gasteiger partial charge is 0.393 e. The predicted molar refractivity (Wildman–Crippen MR) is 49.7 cm³/mol. The predicted octanol–water partition coefficient (Wildman–Crippen LogP) is 0.369. The molecule has 0 amide bonds. The van der Waals surface area contributed by atoms with Gasteiger partial charge < -0.3 is 14.5 Å². The first-order valence-corrected chi connectivity index (χ1v) is 4.80. The van der Waals surface area contributed by atoms with E-state index in [0.717, 1.165) is 12.8 Å². The van der Waals surface area contributed by atoms with Gasteiger partial charge in [0, 0.05) is 5.92 Å². The number of aromatic nitrogens is 2. The summed E-state index contributed by atoms with van der Waals surface area (Å²) in [6, 6.07) is 0. The maximum atomic E-state index is 9.13. The Hall–Kier alpha value is -0.940.